The topological polar surface area (TPSA) is 35.5 Å². The van der Waals surface area contributed by atoms with Crippen LogP contribution in [0.25, 0.3) is 0 Å². The molecule has 1 aromatic rings. The van der Waals surface area contributed by atoms with E-state index in [1.165, 1.54) is 25.0 Å². The van der Waals surface area contributed by atoms with Gasteiger partial charge in [-0.1, -0.05) is 43.7 Å². The number of alkyl halides is 3. The first-order valence-corrected chi connectivity index (χ1v) is 12.2. The molecular weight excluding hydrogens is 429 g/mol. The van der Waals surface area contributed by atoms with E-state index in [1.807, 2.05) is 26.8 Å². The molecule has 2 rings (SSSR count). The fourth-order valence-corrected chi connectivity index (χ4v) is 3.78. The lowest BCUT2D eigenvalue weighted by molar-refractivity contribution is -0.147. The summed E-state index contributed by atoms with van der Waals surface area (Å²) < 4.78 is 48.6. The molecule has 1 fully saturated rings. The lowest BCUT2D eigenvalue weighted by atomic mass is 10.1. The number of rotatable bonds is 11. The van der Waals surface area contributed by atoms with Gasteiger partial charge in [0.15, 0.2) is 0 Å². The molecule has 1 aliphatic carbocycles. The molecule has 0 aromatic heterocycles. The van der Waals surface area contributed by atoms with Crippen LogP contribution in [0.1, 0.15) is 90.2 Å². The van der Waals surface area contributed by atoms with E-state index in [4.69, 9.17) is 9.47 Å². The first-order valence-electron chi connectivity index (χ1n) is 12.2. The van der Waals surface area contributed by atoms with Gasteiger partial charge in [-0.15, -0.1) is 0 Å². The third-order valence-electron chi connectivity index (χ3n) is 5.58. The van der Waals surface area contributed by atoms with Crippen LogP contribution in [0.15, 0.2) is 36.4 Å². The van der Waals surface area contributed by atoms with Crippen molar-refractivity contribution in [3.8, 4) is 0 Å². The number of carbonyl (C=O) groups is 1. The number of carbonyl (C=O) groups excluding carboxylic acids is 1. The summed E-state index contributed by atoms with van der Waals surface area (Å²) in [5.74, 6) is 0.558. The molecule has 3 nitrogen and oxygen atoms in total. The second kappa shape index (κ2) is 15.9. The van der Waals surface area contributed by atoms with Crippen molar-refractivity contribution in [3.63, 3.8) is 0 Å². The lowest BCUT2D eigenvalue weighted by Crippen LogP contribution is -2.16. The van der Waals surface area contributed by atoms with Crippen LogP contribution in [0.5, 0.6) is 0 Å². The van der Waals surface area contributed by atoms with Crippen LogP contribution in [-0.2, 0) is 26.9 Å². The lowest BCUT2D eigenvalue weighted by Gasteiger charge is -2.16. The smallest absolute Gasteiger partial charge is 0.416 e. The predicted molar refractivity (Wildman–Crippen MR) is 127 cm³/mol. The molecule has 0 spiro atoms. The molecule has 0 radical (unpaired) electrons. The number of ether oxygens (including phenoxy) is 2. The molecule has 2 unspecified atom stereocenters. The Bertz CT molecular complexity index is 698. The summed E-state index contributed by atoms with van der Waals surface area (Å²) >= 11 is 0. The summed E-state index contributed by atoms with van der Waals surface area (Å²) in [6, 6.07) is 5.61. The Morgan fingerprint density at radius 1 is 1.18 bits per heavy atom. The minimum absolute atomic E-state index is 0.0132. The Morgan fingerprint density at radius 3 is 2.55 bits per heavy atom. The average Bonchev–Trinajstić information content (AvgIpc) is 3.15. The van der Waals surface area contributed by atoms with Crippen molar-refractivity contribution >= 4 is 5.97 Å². The Labute approximate surface area is 197 Å². The van der Waals surface area contributed by atoms with E-state index in [1.54, 1.807) is 6.07 Å². The van der Waals surface area contributed by atoms with Crippen molar-refractivity contribution < 1.29 is 27.4 Å². The minimum Gasteiger partial charge on any atom is -0.463 e. The summed E-state index contributed by atoms with van der Waals surface area (Å²) in [5.41, 5.74) is 0.190. The standard InChI is InChI=1S/C17H23F3O.C10H18O2/c1-13-6-4-10-16(13)21-11-3-2-7-14-8-5-9-15(12-14)17(18,19)20;1-4-5-6-7-8-10(11)12-9(2)3/h5,8-9,12-13,16H,2-4,6-7,10-11H2,1H3;4-5,9H,6-8H2,1-3H3/b;5-4-. The molecule has 6 heteroatoms. The quantitative estimate of drug-likeness (QED) is 0.187. The first-order chi connectivity index (χ1) is 15.6. The molecule has 0 amide bonds. The fraction of sp³-hybridized carbons (Fsp3) is 0.667. The van der Waals surface area contributed by atoms with Gasteiger partial charge in [0.05, 0.1) is 17.8 Å². The van der Waals surface area contributed by atoms with Crippen LogP contribution < -0.4 is 0 Å². The molecule has 188 valence electrons. The number of esters is 1. The van der Waals surface area contributed by atoms with Gasteiger partial charge in [-0.25, -0.2) is 0 Å². The highest BCUT2D eigenvalue weighted by molar-refractivity contribution is 5.69. The fourth-order valence-electron chi connectivity index (χ4n) is 3.78. The van der Waals surface area contributed by atoms with E-state index in [2.05, 4.69) is 13.0 Å². The third kappa shape index (κ3) is 13.5. The Hall–Kier alpha value is -1.82. The third-order valence-corrected chi connectivity index (χ3v) is 5.58. The zero-order valence-electron chi connectivity index (χ0n) is 20.6. The number of aryl methyl sites for hydroxylation is 1. The molecule has 0 aliphatic heterocycles. The molecule has 33 heavy (non-hydrogen) atoms. The Balaban J connectivity index is 0.000000389. The normalized spacial score (nSPS) is 18.4. The maximum absolute atomic E-state index is 12.6. The van der Waals surface area contributed by atoms with Crippen molar-refractivity contribution in [2.45, 2.75) is 104 Å². The van der Waals surface area contributed by atoms with Crippen LogP contribution in [0, 0.1) is 5.92 Å². The first kappa shape index (κ1) is 29.2. The zero-order valence-corrected chi connectivity index (χ0v) is 20.6. The Morgan fingerprint density at radius 2 is 1.94 bits per heavy atom. The van der Waals surface area contributed by atoms with Crippen LogP contribution in [0.4, 0.5) is 13.2 Å². The largest absolute Gasteiger partial charge is 0.463 e. The van der Waals surface area contributed by atoms with E-state index >= 15 is 0 Å². The molecule has 0 bridgehead atoms. The second-order valence-corrected chi connectivity index (χ2v) is 8.97. The van der Waals surface area contributed by atoms with Gasteiger partial charge in [0.2, 0.25) is 0 Å². The highest BCUT2D eigenvalue weighted by Gasteiger charge is 2.30. The molecule has 0 heterocycles. The number of allylic oxidation sites excluding steroid dienone is 2. The van der Waals surface area contributed by atoms with E-state index in [9.17, 15) is 18.0 Å². The molecular formula is C27H41F3O3. The molecule has 1 aromatic carbocycles. The monoisotopic (exact) mass is 470 g/mol. The van der Waals surface area contributed by atoms with Gasteiger partial charge in [-0.3, -0.25) is 4.79 Å². The SMILES string of the molecule is C/C=C\CCCC(=O)OC(C)C.CC1CCCC1OCCCCc1cccc(C(F)(F)F)c1. The van der Waals surface area contributed by atoms with Crippen molar-refractivity contribution in [2.75, 3.05) is 6.61 Å². The van der Waals surface area contributed by atoms with E-state index in [-0.39, 0.29) is 12.1 Å². The summed E-state index contributed by atoms with van der Waals surface area (Å²) in [4.78, 5) is 11.0. The molecule has 0 saturated heterocycles. The van der Waals surface area contributed by atoms with Gasteiger partial charge in [0.1, 0.15) is 0 Å². The van der Waals surface area contributed by atoms with Gasteiger partial charge in [-0.2, -0.15) is 13.2 Å². The van der Waals surface area contributed by atoms with Crippen molar-refractivity contribution in [1.82, 2.24) is 0 Å². The maximum Gasteiger partial charge on any atom is 0.416 e. The second-order valence-electron chi connectivity index (χ2n) is 8.97. The summed E-state index contributed by atoms with van der Waals surface area (Å²) in [6.07, 6.45) is 8.66. The number of unbranched alkanes of at least 4 members (excludes halogenated alkanes) is 2. The van der Waals surface area contributed by atoms with Gasteiger partial charge < -0.3 is 9.47 Å². The van der Waals surface area contributed by atoms with Gasteiger partial charge in [0.25, 0.3) is 0 Å². The van der Waals surface area contributed by atoms with Gasteiger partial charge >= 0.3 is 12.1 Å². The van der Waals surface area contributed by atoms with E-state index < -0.39 is 11.7 Å². The molecule has 1 aliphatic rings. The molecule has 2 atom stereocenters. The minimum atomic E-state index is -4.25. The highest BCUT2D eigenvalue weighted by Crippen LogP contribution is 2.30. The summed E-state index contributed by atoms with van der Waals surface area (Å²) in [7, 11) is 0. The molecule has 1 saturated carbocycles. The van der Waals surface area contributed by atoms with Gasteiger partial charge in [0, 0.05) is 13.0 Å². The predicted octanol–water partition coefficient (Wildman–Crippen LogP) is 7.92. The average molecular weight is 471 g/mol. The highest BCUT2D eigenvalue weighted by atomic mass is 19.4. The number of halogens is 3. The summed E-state index contributed by atoms with van der Waals surface area (Å²) in [6.45, 7) is 8.65. The van der Waals surface area contributed by atoms with E-state index in [0.29, 0.717) is 31.5 Å². The molecule has 0 N–H and O–H groups in total. The van der Waals surface area contributed by atoms with Crippen LogP contribution in [-0.4, -0.2) is 24.8 Å². The van der Waals surface area contributed by atoms with Crippen LogP contribution in [0.2, 0.25) is 0 Å². The zero-order chi connectivity index (χ0) is 24.7. The maximum atomic E-state index is 12.6. The van der Waals surface area contributed by atoms with Crippen LogP contribution >= 0.6 is 0 Å². The van der Waals surface area contributed by atoms with E-state index in [0.717, 1.165) is 43.7 Å². The number of benzene rings is 1. The number of hydrogen-bond acceptors (Lipinski definition) is 3. The van der Waals surface area contributed by atoms with Crippen molar-refractivity contribution in [1.29, 1.82) is 0 Å². The number of hydrogen-bond donors (Lipinski definition) is 0. The van der Waals surface area contributed by atoms with Crippen molar-refractivity contribution in [2.24, 2.45) is 5.92 Å². The Kier molecular flexibility index (Phi) is 14.1. The summed E-state index contributed by atoms with van der Waals surface area (Å²) in [5, 5.41) is 0. The van der Waals surface area contributed by atoms with Gasteiger partial charge in [-0.05, 0) is 83.3 Å². The van der Waals surface area contributed by atoms with Crippen molar-refractivity contribution in [3.05, 3.63) is 47.5 Å². The van der Waals surface area contributed by atoms with Crippen LogP contribution in [0.3, 0.4) is 0 Å².